The van der Waals surface area contributed by atoms with Gasteiger partial charge in [-0.05, 0) is 61.9 Å². The Labute approximate surface area is 214 Å². The van der Waals surface area contributed by atoms with Crippen LogP contribution in [0.2, 0.25) is 0 Å². The van der Waals surface area contributed by atoms with Crippen molar-refractivity contribution in [3.63, 3.8) is 0 Å². The molecule has 198 valence electrons. The van der Waals surface area contributed by atoms with Gasteiger partial charge in [0.05, 0.1) is 30.3 Å². The van der Waals surface area contributed by atoms with Crippen molar-refractivity contribution < 1.29 is 37.2 Å². The molecule has 3 N–H and O–H groups in total. The van der Waals surface area contributed by atoms with Gasteiger partial charge in [0, 0.05) is 23.3 Å². The van der Waals surface area contributed by atoms with Gasteiger partial charge >= 0.3 is 12.2 Å². The van der Waals surface area contributed by atoms with Crippen molar-refractivity contribution in [1.82, 2.24) is 14.5 Å². The number of nitrogens with zero attached hydrogens (tertiary/aromatic N) is 3. The molecule has 2 aromatic carbocycles. The van der Waals surface area contributed by atoms with E-state index in [0.717, 1.165) is 31.1 Å². The molecule has 1 atom stereocenters. The fourth-order valence-electron chi connectivity index (χ4n) is 4.56. The topological polar surface area (TPSA) is 93.8 Å². The van der Waals surface area contributed by atoms with Crippen molar-refractivity contribution >= 4 is 22.6 Å². The Balaban J connectivity index is 1.30. The standard InChI is InChI=1S/C26H23F4N5O3/c27-22-5-3-17(11-21(22)26(28,29)30)33-25(37)35-9-7-16-10-20(4-6-23(16)35)38-24-12-18(31-15-32-24)13-34-8-1-2-19(34)14-36/h3-7,9-12,15,19,36H,1-2,8,13-14H2,(H,33,37)/p+1/t19-/m1/s1. The van der Waals surface area contributed by atoms with Gasteiger partial charge in [0.25, 0.3) is 12.2 Å². The number of likely N-dealkylation sites (tertiary alicyclic amines) is 1. The lowest BCUT2D eigenvalue weighted by molar-refractivity contribution is -0.395. The third kappa shape index (κ3) is 5.46. The number of nitrogens with one attached hydrogen (secondary N) is 2. The number of alkyl halides is 3. The first-order chi connectivity index (χ1) is 18.2. The second kappa shape index (κ2) is 10.4. The number of fused-ring (bicyclic) bond motifs is 1. The Morgan fingerprint density at radius 1 is 1.18 bits per heavy atom. The molecular formula is C26H24F4N5O3+. The van der Waals surface area contributed by atoms with Crippen LogP contribution in [0.5, 0.6) is 11.6 Å². The lowest BCUT2D eigenvalue weighted by atomic mass is 10.2. The summed E-state index contributed by atoms with van der Waals surface area (Å²) in [5, 5.41) is 12.6. The van der Waals surface area contributed by atoms with Crippen molar-refractivity contribution in [2.45, 2.75) is 31.6 Å². The zero-order valence-electron chi connectivity index (χ0n) is 20.0. The molecule has 3 heterocycles. The number of aliphatic hydroxyl groups excluding tert-OH is 1. The number of hydrogen-bond acceptors (Lipinski definition) is 5. The van der Waals surface area contributed by atoms with Crippen molar-refractivity contribution in [3.8, 4) is 11.6 Å². The predicted octanol–water partition coefficient (Wildman–Crippen LogP) is 4.84. The summed E-state index contributed by atoms with van der Waals surface area (Å²) in [4.78, 5) is 22.2. The average molecular weight is 531 g/mol. The highest BCUT2D eigenvalue weighted by molar-refractivity contribution is 5.98. The molecular weight excluding hydrogens is 506 g/mol. The lowest BCUT2D eigenvalue weighted by Gasteiger charge is -2.20. The van der Waals surface area contributed by atoms with Crippen LogP contribution in [-0.2, 0) is 12.7 Å². The number of aromatic amines is 1. The van der Waals surface area contributed by atoms with Crippen LogP contribution >= 0.6 is 0 Å². The lowest BCUT2D eigenvalue weighted by Crippen LogP contribution is -2.32. The first-order valence-electron chi connectivity index (χ1n) is 11.9. The Kier molecular flexibility index (Phi) is 7.00. The monoisotopic (exact) mass is 530 g/mol. The molecule has 0 bridgehead atoms. The maximum absolute atomic E-state index is 13.6. The summed E-state index contributed by atoms with van der Waals surface area (Å²) in [6.45, 7) is 1.60. The third-order valence-electron chi connectivity index (χ3n) is 6.44. The van der Waals surface area contributed by atoms with Crippen LogP contribution in [0.25, 0.3) is 10.9 Å². The van der Waals surface area contributed by atoms with Crippen LogP contribution < -0.4 is 15.0 Å². The molecule has 0 unspecified atom stereocenters. The van der Waals surface area contributed by atoms with E-state index in [2.05, 4.69) is 20.2 Å². The molecule has 4 aromatic rings. The highest BCUT2D eigenvalue weighted by Gasteiger charge is 2.34. The van der Waals surface area contributed by atoms with E-state index in [1.54, 1.807) is 30.3 Å². The molecule has 1 aliphatic heterocycles. The van der Waals surface area contributed by atoms with E-state index >= 15 is 0 Å². The summed E-state index contributed by atoms with van der Waals surface area (Å²) < 4.78 is 59.7. The normalized spacial score (nSPS) is 16.2. The number of aliphatic hydroxyl groups is 1. The molecule has 1 fully saturated rings. The predicted molar refractivity (Wildman–Crippen MR) is 129 cm³/mol. The number of rotatable bonds is 6. The Morgan fingerprint density at radius 3 is 2.82 bits per heavy atom. The summed E-state index contributed by atoms with van der Waals surface area (Å²) in [7, 11) is 0. The number of carbonyl (C=O) groups is 1. The van der Waals surface area contributed by atoms with Gasteiger partial charge in [-0.1, -0.05) is 4.98 Å². The van der Waals surface area contributed by atoms with Crippen molar-refractivity contribution in [2.24, 2.45) is 0 Å². The number of halogens is 4. The highest BCUT2D eigenvalue weighted by atomic mass is 19.4. The van der Waals surface area contributed by atoms with Crippen LogP contribution in [0, 0.1) is 5.82 Å². The van der Waals surface area contributed by atoms with Crippen LogP contribution in [-0.4, -0.2) is 44.8 Å². The van der Waals surface area contributed by atoms with Gasteiger partial charge in [-0.15, -0.1) is 0 Å². The Morgan fingerprint density at radius 2 is 2.03 bits per heavy atom. The second-order valence-corrected chi connectivity index (χ2v) is 8.98. The molecule has 1 amide bonds. The van der Waals surface area contributed by atoms with Gasteiger partial charge in [0.15, 0.2) is 5.69 Å². The van der Waals surface area contributed by atoms with Crippen LogP contribution in [0.4, 0.5) is 28.0 Å². The number of carbonyl (C=O) groups excluding carboxylic acids is 1. The van der Waals surface area contributed by atoms with Crippen molar-refractivity contribution in [3.05, 3.63) is 78.1 Å². The van der Waals surface area contributed by atoms with Gasteiger partial charge in [-0.25, -0.2) is 14.2 Å². The van der Waals surface area contributed by atoms with Gasteiger partial charge in [0.1, 0.15) is 11.6 Å². The second-order valence-electron chi connectivity index (χ2n) is 8.98. The number of aromatic nitrogens is 3. The summed E-state index contributed by atoms with van der Waals surface area (Å²) in [6, 6.07) is 10.2. The molecule has 38 heavy (non-hydrogen) atoms. The number of hydrogen-bond donors (Lipinski definition) is 2. The van der Waals surface area contributed by atoms with Gasteiger partial charge < -0.3 is 15.2 Å². The first kappa shape index (κ1) is 25.6. The minimum Gasteiger partial charge on any atom is -0.423 e. The first-order valence-corrected chi connectivity index (χ1v) is 11.9. The molecule has 0 radical (unpaired) electrons. The van der Waals surface area contributed by atoms with E-state index in [1.165, 1.54) is 17.1 Å². The summed E-state index contributed by atoms with van der Waals surface area (Å²) in [5.74, 6) is -0.465. The third-order valence-corrected chi connectivity index (χ3v) is 6.44. The maximum Gasteiger partial charge on any atom is 0.419 e. The van der Waals surface area contributed by atoms with E-state index in [-0.39, 0.29) is 18.3 Å². The molecule has 0 spiro atoms. The number of anilines is 1. The highest BCUT2D eigenvalue weighted by Crippen LogP contribution is 2.33. The van der Waals surface area contributed by atoms with Crippen LogP contribution in [0.3, 0.4) is 0 Å². The fourth-order valence-corrected chi connectivity index (χ4v) is 4.56. The molecule has 1 aliphatic rings. The van der Waals surface area contributed by atoms with E-state index in [4.69, 9.17) is 4.74 Å². The molecule has 5 rings (SSSR count). The molecule has 8 nitrogen and oxygen atoms in total. The average Bonchev–Trinajstić information content (AvgIpc) is 3.51. The van der Waals surface area contributed by atoms with E-state index < -0.39 is 23.6 Å². The van der Waals surface area contributed by atoms with E-state index in [1.807, 2.05) is 0 Å². The van der Waals surface area contributed by atoms with Crippen LogP contribution in [0.1, 0.15) is 24.1 Å². The van der Waals surface area contributed by atoms with E-state index in [0.29, 0.717) is 41.2 Å². The zero-order chi connectivity index (χ0) is 26.9. The number of H-pyrrole nitrogens is 1. The van der Waals surface area contributed by atoms with E-state index in [9.17, 15) is 27.5 Å². The Bertz CT molecular complexity index is 1470. The van der Waals surface area contributed by atoms with Gasteiger partial charge in [0.2, 0.25) is 0 Å². The summed E-state index contributed by atoms with van der Waals surface area (Å²) in [5.41, 5.74) is -0.359. The molecule has 12 heteroatoms. The van der Waals surface area contributed by atoms with Gasteiger partial charge in [-0.2, -0.15) is 13.2 Å². The smallest absolute Gasteiger partial charge is 0.419 e. The van der Waals surface area contributed by atoms with Crippen LogP contribution in [0.15, 0.2) is 61.1 Å². The van der Waals surface area contributed by atoms with Crippen molar-refractivity contribution in [2.75, 3.05) is 18.5 Å². The number of amides is 1. The minimum absolute atomic E-state index is 0.110. The SMILES string of the molecule is O=C(Nc1ccc(F)c(C(F)(F)F)c1)n1ccc2cc(Oc3cc(CN4CCC[C@@H]4CO)nc[nH+]3)ccc21. The molecule has 2 aromatic heterocycles. The molecule has 1 saturated heterocycles. The number of ether oxygens (including phenoxy) is 1. The largest absolute Gasteiger partial charge is 0.423 e. The fraction of sp³-hybridized carbons (Fsp3) is 0.269. The van der Waals surface area contributed by atoms with Crippen molar-refractivity contribution in [1.29, 1.82) is 0 Å². The molecule has 0 saturated carbocycles. The number of benzene rings is 2. The van der Waals surface area contributed by atoms with Gasteiger partial charge in [-0.3, -0.25) is 9.47 Å². The summed E-state index contributed by atoms with van der Waals surface area (Å²) in [6.07, 6.45) is 0.110. The molecule has 0 aliphatic carbocycles. The quantitative estimate of drug-likeness (QED) is 0.348. The maximum atomic E-state index is 13.6. The zero-order valence-corrected chi connectivity index (χ0v) is 20.0. The Hall–Kier alpha value is -4.03. The minimum atomic E-state index is -4.88. The summed E-state index contributed by atoms with van der Waals surface area (Å²) >= 11 is 0.